The second kappa shape index (κ2) is 7.25. The molecule has 0 aliphatic carbocycles. The van der Waals surface area contributed by atoms with Crippen LogP contribution in [-0.4, -0.2) is 39.0 Å². The molecule has 1 atom stereocenters. The van der Waals surface area contributed by atoms with Gasteiger partial charge in [-0.25, -0.2) is 0 Å². The summed E-state index contributed by atoms with van der Waals surface area (Å²) in [6, 6.07) is 13.1. The van der Waals surface area contributed by atoms with E-state index in [0.717, 1.165) is 37.3 Å². The summed E-state index contributed by atoms with van der Waals surface area (Å²) in [5.41, 5.74) is 2.45. The van der Waals surface area contributed by atoms with Crippen LogP contribution in [0.3, 0.4) is 0 Å². The molecule has 1 unspecified atom stereocenters. The van der Waals surface area contributed by atoms with Crippen molar-refractivity contribution in [3.8, 4) is 11.5 Å². The molecule has 1 N–H and O–H groups in total. The van der Waals surface area contributed by atoms with Crippen molar-refractivity contribution in [2.45, 2.75) is 18.9 Å². The molecule has 0 saturated carbocycles. The molecule has 26 heavy (non-hydrogen) atoms. The number of benzene rings is 2. The van der Waals surface area contributed by atoms with Crippen LogP contribution in [0.5, 0.6) is 11.5 Å². The molecular formula is C20H22N2O4. The molecule has 2 aromatic rings. The second-order valence-corrected chi connectivity index (χ2v) is 6.51. The molecule has 0 spiro atoms. The van der Waals surface area contributed by atoms with Crippen LogP contribution in [0.25, 0.3) is 0 Å². The summed E-state index contributed by atoms with van der Waals surface area (Å²) in [7, 11) is 1.77. The van der Waals surface area contributed by atoms with Gasteiger partial charge in [0.05, 0.1) is 6.10 Å². The van der Waals surface area contributed by atoms with Gasteiger partial charge in [-0.15, -0.1) is 0 Å². The highest BCUT2D eigenvalue weighted by molar-refractivity contribution is 6.04. The molecule has 2 aromatic carbocycles. The lowest BCUT2D eigenvalue weighted by Crippen LogP contribution is -2.39. The molecule has 136 valence electrons. The Balaban J connectivity index is 1.41. The van der Waals surface area contributed by atoms with Gasteiger partial charge in [0.2, 0.25) is 6.79 Å². The zero-order valence-corrected chi connectivity index (χ0v) is 14.7. The molecule has 2 heterocycles. The molecule has 1 amide bonds. The van der Waals surface area contributed by atoms with Crippen LogP contribution in [0, 0.1) is 0 Å². The van der Waals surface area contributed by atoms with Crippen LogP contribution in [0.15, 0.2) is 42.5 Å². The first-order valence-electron chi connectivity index (χ1n) is 8.82. The maximum absolute atomic E-state index is 12.4. The number of carbonyl (C=O) groups is 1. The number of methoxy groups -OCH3 is 1. The fourth-order valence-electron chi connectivity index (χ4n) is 3.36. The maximum atomic E-state index is 12.4. The van der Waals surface area contributed by atoms with E-state index >= 15 is 0 Å². The predicted octanol–water partition coefficient (Wildman–Crippen LogP) is 3.28. The maximum Gasteiger partial charge on any atom is 0.255 e. The van der Waals surface area contributed by atoms with Crippen molar-refractivity contribution in [2.24, 2.45) is 0 Å². The number of piperidine rings is 1. The Labute approximate surface area is 152 Å². The van der Waals surface area contributed by atoms with Gasteiger partial charge in [0.15, 0.2) is 11.5 Å². The van der Waals surface area contributed by atoms with E-state index < -0.39 is 0 Å². The first-order chi connectivity index (χ1) is 12.7. The van der Waals surface area contributed by atoms with Gasteiger partial charge in [0.25, 0.3) is 5.91 Å². The number of nitrogens with one attached hydrogen (secondary N) is 1. The molecule has 6 heteroatoms. The van der Waals surface area contributed by atoms with E-state index in [-0.39, 0.29) is 18.8 Å². The van der Waals surface area contributed by atoms with Gasteiger partial charge < -0.3 is 24.4 Å². The van der Waals surface area contributed by atoms with Crippen molar-refractivity contribution >= 4 is 17.3 Å². The molecule has 0 bridgehead atoms. The Hall–Kier alpha value is -2.73. The van der Waals surface area contributed by atoms with E-state index in [1.54, 1.807) is 25.3 Å². The zero-order chi connectivity index (χ0) is 17.9. The van der Waals surface area contributed by atoms with Crippen LogP contribution in [0.2, 0.25) is 0 Å². The van der Waals surface area contributed by atoms with Crippen molar-refractivity contribution in [3.05, 3.63) is 48.0 Å². The first-order valence-corrected chi connectivity index (χ1v) is 8.82. The Kier molecular flexibility index (Phi) is 4.67. The SMILES string of the molecule is COC1CCCN(c2ccc(NC(=O)c3ccc4c(c3)OCO4)cc2)C1. The number of ether oxygens (including phenoxy) is 3. The topological polar surface area (TPSA) is 60.0 Å². The third-order valence-electron chi connectivity index (χ3n) is 4.84. The van der Waals surface area contributed by atoms with Crippen LogP contribution in [0.4, 0.5) is 11.4 Å². The van der Waals surface area contributed by atoms with Gasteiger partial charge in [0.1, 0.15) is 0 Å². The second-order valence-electron chi connectivity index (χ2n) is 6.51. The summed E-state index contributed by atoms with van der Waals surface area (Å²) in [5, 5.41) is 2.92. The van der Waals surface area contributed by atoms with E-state index in [2.05, 4.69) is 10.2 Å². The molecular weight excluding hydrogens is 332 g/mol. The summed E-state index contributed by atoms with van der Waals surface area (Å²) in [6.07, 6.45) is 2.52. The Morgan fingerprint density at radius 3 is 2.77 bits per heavy atom. The number of fused-ring (bicyclic) bond motifs is 1. The minimum Gasteiger partial charge on any atom is -0.454 e. The number of rotatable bonds is 4. The van der Waals surface area contributed by atoms with Crippen molar-refractivity contribution in [3.63, 3.8) is 0 Å². The van der Waals surface area contributed by atoms with Gasteiger partial charge in [-0.1, -0.05) is 0 Å². The van der Waals surface area contributed by atoms with E-state index in [1.165, 1.54) is 0 Å². The quantitative estimate of drug-likeness (QED) is 0.913. The number of hydrogen-bond donors (Lipinski definition) is 1. The molecule has 1 saturated heterocycles. The lowest BCUT2D eigenvalue weighted by Gasteiger charge is -2.33. The van der Waals surface area contributed by atoms with Gasteiger partial charge in [-0.3, -0.25) is 4.79 Å². The summed E-state index contributed by atoms with van der Waals surface area (Å²) in [4.78, 5) is 14.8. The number of carbonyl (C=O) groups excluding carboxylic acids is 1. The van der Waals surface area contributed by atoms with Crippen LogP contribution in [-0.2, 0) is 4.74 Å². The van der Waals surface area contributed by atoms with E-state index in [9.17, 15) is 4.79 Å². The highest BCUT2D eigenvalue weighted by Gasteiger charge is 2.20. The summed E-state index contributed by atoms with van der Waals surface area (Å²) in [6.45, 7) is 2.13. The van der Waals surface area contributed by atoms with Crippen molar-refractivity contribution < 1.29 is 19.0 Å². The Bertz CT molecular complexity index is 791. The molecule has 0 radical (unpaired) electrons. The average Bonchev–Trinajstić information content (AvgIpc) is 3.16. The molecule has 2 aliphatic rings. The third kappa shape index (κ3) is 3.46. The van der Waals surface area contributed by atoms with E-state index in [4.69, 9.17) is 14.2 Å². The van der Waals surface area contributed by atoms with Crippen LogP contribution in [0.1, 0.15) is 23.2 Å². The smallest absolute Gasteiger partial charge is 0.255 e. The third-order valence-corrected chi connectivity index (χ3v) is 4.84. The first kappa shape index (κ1) is 16.7. The standard InChI is InChI=1S/C20H22N2O4/c1-24-17-3-2-10-22(12-17)16-7-5-15(6-8-16)21-20(23)14-4-9-18-19(11-14)26-13-25-18/h4-9,11,17H,2-3,10,12-13H2,1H3,(H,21,23). The minimum atomic E-state index is -0.173. The normalized spacial score (nSPS) is 18.7. The number of nitrogens with zero attached hydrogens (tertiary/aromatic N) is 1. The highest BCUT2D eigenvalue weighted by Crippen LogP contribution is 2.32. The largest absolute Gasteiger partial charge is 0.454 e. The Morgan fingerprint density at radius 2 is 1.96 bits per heavy atom. The number of anilines is 2. The lowest BCUT2D eigenvalue weighted by molar-refractivity contribution is 0.0893. The predicted molar refractivity (Wildman–Crippen MR) is 99.2 cm³/mol. The molecule has 4 rings (SSSR count). The molecule has 6 nitrogen and oxygen atoms in total. The minimum absolute atomic E-state index is 0.173. The molecule has 2 aliphatic heterocycles. The average molecular weight is 354 g/mol. The zero-order valence-electron chi connectivity index (χ0n) is 14.7. The molecule has 1 fully saturated rings. The fraction of sp³-hybridized carbons (Fsp3) is 0.350. The van der Waals surface area contributed by atoms with Gasteiger partial charge in [-0.05, 0) is 55.3 Å². The molecule has 0 aromatic heterocycles. The van der Waals surface area contributed by atoms with E-state index in [0.29, 0.717) is 17.1 Å². The van der Waals surface area contributed by atoms with Crippen molar-refractivity contribution in [1.29, 1.82) is 0 Å². The fourth-order valence-corrected chi connectivity index (χ4v) is 3.36. The number of hydrogen-bond acceptors (Lipinski definition) is 5. The summed E-state index contributed by atoms with van der Waals surface area (Å²) >= 11 is 0. The van der Waals surface area contributed by atoms with Gasteiger partial charge in [0, 0.05) is 37.1 Å². The van der Waals surface area contributed by atoms with Crippen molar-refractivity contribution in [2.75, 3.05) is 37.2 Å². The van der Waals surface area contributed by atoms with Gasteiger partial charge >= 0.3 is 0 Å². The monoisotopic (exact) mass is 354 g/mol. The lowest BCUT2D eigenvalue weighted by atomic mass is 10.1. The number of amides is 1. The van der Waals surface area contributed by atoms with Crippen LogP contribution >= 0.6 is 0 Å². The Morgan fingerprint density at radius 1 is 1.15 bits per heavy atom. The van der Waals surface area contributed by atoms with Crippen molar-refractivity contribution in [1.82, 2.24) is 0 Å². The highest BCUT2D eigenvalue weighted by atomic mass is 16.7. The van der Waals surface area contributed by atoms with Crippen LogP contribution < -0.4 is 19.7 Å². The summed E-state index contributed by atoms with van der Waals surface area (Å²) < 4.78 is 16.1. The summed E-state index contributed by atoms with van der Waals surface area (Å²) in [5.74, 6) is 1.10. The van der Waals surface area contributed by atoms with Gasteiger partial charge in [-0.2, -0.15) is 0 Å². The van der Waals surface area contributed by atoms with E-state index in [1.807, 2.05) is 24.3 Å².